The Morgan fingerprint density at radius 1 is 1.07 bits per heavy atom. The van der Waals surface area contributed by atoms with Crippen molar-refractivity contribution in [1.29, 1.82) is 0 Å². The summed E-state index contributed by atoms with van der Waals surface area (Å²) in [7, 11) is -8.61. The van der Waals surface area contributed by atoms with Crippen molar-refractivity contribution in [3.05, 3.63) is 35.4 Å². The van der Waals surface area contributed by atoms with E-state index in [4.69, 9.17) is 44.5 Å². The topological polar surface area (TPSA) is 301 Å². The number of hydrogen-bond donors (Lipinski definition) is 6. The van der Waals surface area contributed by atoms with Gasteiger partial charge in [-0.1, -0.05) is 0 Å². The summed E-state index contributed by atoms with van der Waals surface area (Å²) in [5, 5.41) is 10.9. The van der Waals surface area contributed by atoms with Gasteiger partial charge in [-0.3, -0.25) is 22.7 Å². The van der Waals surface area contributed by atoms with Crippen LogP contribution in [0.4, 0.5) is 11.6 Å². The molecule has 2 aliphatic rings. The molecule has 21 nitrogen and oxygen atoms in total. The number of anilines is 2. The molecule has 23 heteroatoms. The monoisotopic (exact) mass is 650 g/mol. The zero-order valence-corrected chi connectivity index (χ0v) is 24.0. The maximum Gasteiger partial charge on any atom is 0.472 e. The van der Waals surface area contributed by atoms with E-state index in [1.807, 2.05) is 0 Å². The number of phosphoric acid groups is 2. The van der Waals surface area contributed by atoms with E-state index in [1.54, 1.807) is 0 Å². The van der Waals surface area contributed by atoms with Gasteiger partial charge in [-0.2, -0.15) is 4.98 Å². The minimum atomic E-state index is -4.96. The quantitative estimate of drug-likeness (QED) is 0.128. The number of aliphatic hydroxyl groups is 1. The molecule has 1 unspecified atom stereocenters. The molecule has 2 saturated heterocycles. The normalized spacial score (nSPS) is 29.3. The zero-order valence-electron chi connectivity index (χ0n) is 22.2. The van der Waals surface area contributed by atoms with Gasteiger partial charge in [0.15, 0.2) is 17.7 Å². The van der Waals surface area contributed by atoms with E-state index in [0.29, 0.717) is 0 Å². The Bertz CT molecular complexity index is 1620. The van der Waals surface area contributed by atoms with E-state index in [2.05, 4.69) is 24.5 Å². The average molecular weight is 650 g/mol. The molecule has 3 aromatic rings. The van der Waals surface area contributed by atoms with Crippen molar-refractivity contribution in [3.63, 3.8) is 0 Å². The van der Waals surface area contributed by atoms with Crippen LogP contribution in [0.5, 0.6) is 0 Å². The number of rotatable bonds is 11. The standard InChI is InChI=1S/C20H28N8O13P2/c1-36-16-11(40-19(15(16)29)28-8-25-14-17(22)23-7-24-18(14)28)6-38-43(34,35)41-9-4-13(27-3-2-12(21)26-20(27)30)39-10(9)5-37-42(31,32)33/h2-3,7-11,13,15-16,19,29H,4-6H2,1H3,(H,34,35)(H2,21,26,30)(H2,22,23,24)(H2,31,32,33)/t9-,10+,11+,13+,15+,16+,19+/m0/s1. The molecule has 0 bridgehead atoms. The molecule has 0 saturated carbocycles. The highest BCUT2D eigenvalue weighted by molar-refractivity contribution is 7.47. The van der Waals surface area contributed by atoms with E-state index < -0.39 is 77.5 Å². The van der Waals surface area contributed by atoms with E-state index in [0.717, 1.165) is 4.57 Å². The van der Waals surface area contributed by atoms with Gasteiger partial charge in [0.2, 0.25) is 0 Å². The van der Waals surface area contributed by atoms with Gasteiger partial charge in [-0.15, -0.1) is 0 Å². The van der Waals surface area contributed by atoms with Gasteiger partial charge in [0.05, 0.1) is 19.5 Å². The summed E-state index contributed by atoms with van der Waals surface area (Å²) in [5.74, 6) is 0.0501. The molecule has 0 radical (unpaired) electrons. The van der Waals surface area contributed by atoms with Gasteiger partial charge < -0.3 is 45.5 Å². The predicted octanol–water partition coefficient (Wildman–Crippen LogP) is -1.58. The fourth-order valence-electron chi connectivity index (χ4n) is 4.75. The Hall–Kier alpha value is -2.91. The van der Waals surface area contributed by atoms with Gasteiger partial charge in [0, 0.05) is 19.7 Å². The van der Waals surface area contributed by atoms with Crippen LogP contribution in [0.3, 0.4) is 0 Å². The lowest BCUT2D eigenvalue weighted by Crippen LogP contribution is -2.35. The van der Waals surface area contributed by atoms with Crippen LogP contribution in [0, 0.1) is 0 Å². The second kappa shape index (κ2) is 12.2. The molecule has 43 heavy (non-hydrogen) atoms. The second-order valence-corrected chi connectivity index (χ2v) is 12.1. The summed E-state index contributed by atoms with van der Waals surface area (Å²) >= 11 is 0. The molecular weight excluding hydrogens is 622 g/mol. The third kappa shape index (κ3) is 6.93. The average Bonchev–Trinajstić information content (AvgIpc) is 3.61. The van der Waals surface area contributed by atoms with Crippen LogP contribution in [0.2, 0.25) is 0 Å². The van der Waals surface area contributed by atoms with Crippen molar-refractivity contribution in [1.82, 2.24) is 29.1 Å². The van der Waals surface area contributed by atoms with E-state index in [1.165, 1.54) is 36.6 Å². The predicted molar refractivity (Wildman–Crippen MR) is 141 cm³/mol. The number of nitrogen functional groups attached to an aromatic ring is 2. The molecule has 8 N–H and O–H groups in total. The summed E-state index contributed by atoms with van der Waals surface area (Å²) in [5.41, 5.74) is 11.1. The second-order valence-electron chi connectivity index (χ2n) is 9.44. The Morgan fingerprint density at radius 3 is 2.51 bits per heavy atom. The Kier molecular flexibility index (Phi) is 8.96. The van der Waals surface area contributed by atoms with Gasteiger partial charge in [-0.05, 0) is 6.07 Å². The van der Waals surface area contributed by atoms with E-state index in [-0.39, 0.29) is 29.2 Å². The lowest BCUT2D eigenvalue weighted by molar-refractivity contribution is -0.0610. The SMILES string of the molecule is CO[C@H]1[C@@H](O)[C@H](n2cnc3c(N)ncnc32)O[C@@H]1COP(=O)(O)O[C@H]1C[C@H](n2ccc(N)nc2=O)O[C@@H]1COP(=O)(O)O. The molecule has 0 amide bonds. The molecule has 5 heterocycles. The third-order valence-electron chi connectivity index (χ3n) is 6.66. The summed E-state index contributed by atoms with van der Waals surface area (Å²) in [6, 6.07) is 1.31. The first-order valence-corrected chi connectivity index (χ1v) is 15.4. The summed E-state index contributed by atoms with van der Waals surface area (Å²) in [6.45, 7) is -1.37. The van der Waals surface area contributed by atoms with Crippen LogP contribution in [-0.2, 0) is 36.9 Å². The van der Waals surface area contributed by atoms with E-state index >= 15 is 0 Å². The van der Waals surface area contributed by atoms with Crippen LogP contribution >= 0.6 is 15.6 Å². The van der Waals surface area contributed by atoms with Crippen LogP contribution in [0.15, 0.2) is 29.7 Å². The number of nitrogens with two attached hydrogens (primary N) is 2. The Morgan fingerprint density at radius 2 is 1.81 bits per heavy atom. The first-order chi connectivity index (χ1) is 20.3. The van der Waals surface area contributed by atoms with Gasteiger partial charge in [0.25, 0.3) is 0 Å². The number of ether oxygens (including phenoxy) is 3. The number of nitrogens with zero attached hydrogens (tertiary/aromatic N) is 6. The van der Waals surface area contributed by atoms with Crippen LogP contribution < -0.4 is 17.2 Å². The van der Waals surface area contributed by atoms with Crippen molar-refractivity contribution in [2.24, 2.45) is 0 Å². The number of phosphoric ester groups is 2. The molecule has 3 aromatic heterocycles. The van der Waals surface area contributed by atoms with Crippen molar-refractivity contribution in [2.75, 3.05) is 31.8 Å². The maximum absolute atomic E-state index is 13.0. The minimum Gasteiger partial charge on any atom is -0.386 e. The fraction of sp³-hybridized carbons (Fsp3) is 0.550. The summed E-state index contributed by atoms with van der Waals surface area (Å²) in [6.07, 6.45) is -4.74. The van der Waals surface area contributed by atoms with Crippen molar-refractivity contribution < 1.29 is 56.7 Å². The number of imidazole rings is 1. The minimum absolute atomic E-state index is 0.0591. The largest absolute Gasteiger partial charge is 0.472 e. The van der Waals surface area contributed by atoms with Gasteiger partial charge >= 0.3 is 21.3 Å². The highest BCUT2D eigenvalue weighted by Gasteiger charge is 2.48. The first kappa shape index (κ1) is 31.5. The van der Waals surface area contributed by atoms with Gasteiger partial charge in [-0.25, -0.2) is 28.9 Å². The zero-order chi connectivity index (χ0) is 31.1. The Labute approximate surface area is 241 Å². The molecule has 5 rings (SSSR count). The van der Waals surface area contributed by atoms with Gasteiger partial charge in [0.1, 0.15) is 54.4 Å². The Balaban J connectivity index is 1.28. The maximum atomic E-state index is 13.0. The summed E-state index contributed by atoms with van der Waals surface area (Å²) < 4.78 is 58.5. The third-order valence-corrected chi connectivity index (χ3v) is 8.16. The summed E-state index contributed by atoms with van der Waals surface area (Å²) in [4.78, 5) is 56.7. The molecule has 0 spiro atoms. The highest BCUT2D eigenvalue weighted by atomic mass is 31.2. The number of hydrogen-bond acceptors (Lipinski definition) is 16. The molecule has 2 fully saturated rings. The molecule has 236 valence electrons. The lowest BCUT2D eigenvalue weighted by atomic mass is 10.1. The molecule has 2 aliphatic heterocycles. The molecule has 0 aliphatic carbocycles. The van der Waals surface area contributed by atoms with E-state index in [9.17, 15) is 23.9 Å². The van der Waals surface area contributed by atoms with Crippen LogP contribution in [-0.4, -0.2) is 99.7 Å². The molecule has 0 aromatic carbocycles. The molecule has 8 atom stereocenters. The molecular formula is C20H28N8O13P2. The lowest BCUT2D eigenvalue weighted by Gasteiger charge is -2.23. The smallest absolute Gasteiger partial charge is 0.386 e. The first-order valence-electron chi connectivity index (χ1n) is 12.4. The number of aliphatic hydroxyl groups excluding tert-OH is 1. The van der Waals surface area contributed by atoms with Crippen LogP contribution in [0.25, 0.3) is 11.2 Å². The number of aromatic nitrogens is 6. The van der Waals surface area contributed by atoms with Crippen molar-refractivity contribution in [2.45, 2.75) is 49.4 Å². The number of fused-ring (bicyclic) bond motifs is 1. The van der Waals surface area contributed by atoms with Crippen LogP contribution in [0.1, 0.15) is 18.9 Å². The fourth-order valence-corrected chi connectivity index (χ4v) is 6.05. The number of methoxy groups -OCH3 is 1. The highest BCUT2D eigenvalue weighted by Crippen LogP contribution is 2.50. The van der Waals surface area contributed by atoms with Crippen molar-refractivity contribution >= 4 is 38.4 Å². The van der Waals surface area contributed by atoms with Crippen molar-refractivity contribution in [3.8, 4) is 0 Å².